The summed E-state index contributed by atoms with van der Waals surface area (Å²) in [6.07, 6.45) is 3.00. The van der Waals surface area contributed by atoms with Gasteiger partial charge in [0.15, 0.2) is 25.2 Å². The third kappa shape index (κ3) is 14.6. The Hall–Kier alpha value is -0.0500. The molecule has 29 heavy (non-hydrogen) atoms. The van der Waals surface area contributed by atoms with Crippen molar-refractivity contribution in [3.63, 3.8) is 0 Å². The van der Waals surface area contributed by atoms with Gasteiger partial charge in [-0.15, -0.1) is 0 Å². The minimum Gasteiger partial charge on any atom is -0.353 e. The first-order chi connectivity index (χ1) is 13.8. The SMILES string of the molecule is CCCCOC(CC)OC(CC)OP(=O)(O)OC(CC)OC(CC)OCCCC. The second-order valence-electron chi connectivity index (χ2n) is 6.75. The van der Waals surface area contributed by atoms with Gasteiger partial charge < -0.3 is 23.8 Å². The highest BCUT2D eigenvalue weighted by Crippen LogP contribution is 2.47. The van der Waals surface area contributed by atoms with Crippen molar-refractivity contribution >= 4 is 7.82 Å². The molecule has 0 aromatic rings. The quantitative estimate of drug-likeness (QED) is 0.145. The van der Waals surface area contributed by atoms with Crippen LogP contribution in [-0.2, 0) is 32.6 Å². The van der Waals surface area contributed by atoms with Crippen LogP contribution in [0.15, 0.2) is 0 Å². The molecule has 4 atom stereocenters. The number of rotatable bonds is 20. The molecule has 4 unspecified atom stereocenters. The fourth-order valence-electron chi connectivity index (χ4n) is 2.28. The molecule has 0 radical (unpaired) electrons. The van der Waals surface area contributed by atoms with E-state index in [1.165, 1.54) is 0 Å². The van der Waals surface area contributed by atoms with Gasteiger partial charge in [-0.05, 0) is 38.5 Å². The Bertz CT molecular complexity index is 389. The van der Waals surface area contributed by atoms with E-state index in [9.17, 15) is 9.46 Å². The van der Waals surface area contributed by atoms with E-state index in [-0.39, 0.29) is 0 Å². The third-order valence-electron chi connectivity index (χ3n) is 4.05. The molecule has 0 rings (SSSR count). The number of unbranched alkanes of at least 4 members (excludes halogenated alkanes) is 2. The lowest BCUT2D eigenvalue weighted by Crippen LogP contribution is -2.28. The average molecular weight is 443 g/mol. The molecule has 0 bridgehead atoms. The molecule has 8 nitrogen and oxygen atoms in total. The van der Waals surface area contributed by atoms with Gasteiger partial charge >= 0.3 is 7.82 Å². The van der Waals surface area contributed by atoms with Crippen LogP contribution in [0.5, 0.6) is 0 Å². The zero-order chi connectivity index (χ0) is 22.1. The van der Waals surface area contributed by atoms with Crippen LogP contribution in [-0.4, -0.2) is 43.3 Å². The van der Waals surface area contributed by atoms with Crippen molar-refractivity contribution in [1.82, 2.24) is 0 Å². The lowest BCUT2D eigenvalue weighted by atomic mass is 10.3. The van der Waals surface area contributed by atoms with Crippen LogP contribution >= 0.6 is 7.82 Å². The van der Waals surface area contributed by atoms with Crippen molar-refractivity contribution in [3.8, 4) is 0 Å². The van der Waals surface area contributed by atoms with E-state index in [0.29, 0.717) is 38.9 Å². The van der Waals surface area contributed by atoms with Crippen LogP contribution in [0, 0.1) is 0 Å². The van der Waals surface area contributed by atoms with Crippen molar-refractivity contribution in [2.75, 3.05) is 13.2 Å². The average Bonchev–Trinajstić information content (AvgIpc) is 2.70. The summed E-state index contributed by atoms with van der Waals surface area (Å²) in [4.78, 5) is 10.2. The van der Waals surface area contributed by atoms with E-state index in [0.717, 1.165) is 25.7 Å². The smallest absolute Gasteiger partial charge is 0.353 e. The molecule has 0 spiro atoms. The van der Waals surface area contributed by atoms with Crippen LogP contribution in [0.4, 0.5) is 0 Å². The van der Waals surface area contributed by atoms with Gasteiger partial charge in [-0.2, -0.15) is 0 Å². The summed E-state index contributed by atoms with van der Waals surface area (Å²) in [5.41, 5.74) is 0. The van der Waals surface area contributed by atoms with E-state index in [4.69, 9.17) is 28.0 Å². The summed E-state index contributed by atoms with van der Waals surface area (Å²) >= 11 is 0. The second-order valence-corrected chi connectivity index (χ2v) is 8.11. The Kier molecular flexibility index (Phi) is 17.6. The van der Waals surface area contributed by atoms with Crippen LogP contribution in [0.1, 0.15) is 92.9 Å². The fraction of sp³-hybridized carbons (Fsp3) is 1.00. The number of hydrogen-bond acceptors (Lipinski definition) is 7. The highest BCUT2D eigenvalue weighted by atomic mass is 31.2. The van der Waals surface area contributed by atoms with Gasteiger partial charge in [-0.1, -0.05) is 54.4 Å². The van der Waals surface area contributed by atoms with Crippen molar-refractivity contribution in [1.29, 1.82) is 0 Å². The van der Waals surface area contributed by atoms with E-state index in [1.54, 1.807) is 13.8 Å². The van der Waals surface area contributed by atoms with Crippen molar-refractivity contribution in [3.05, 3.63) is 0 Å². The monoisotopic (exact) mass is 442 g/mol. The maximum absolute atomic E-state index is 12.5. The number of hydrogen-bond donors (Lipinski definition) is 1. The summed E-state index contributed by atoms with van der Waals surface area (Å²) in [5, 5.41) is 0. The zero-order valence-electron chi connectivity index (χ0n) is 19.1. The Balaban J connectivity index is 4.69. The topological polar surface area (TPSA) is 92.7 Å². The fourth-order valence-corrected chi connectivity index (χ4v) is 3.32. The van der Waals surface area contributed by atoms with Gasteiger partial charge in [0.1, 0.15) is 0 Å². The second kappa shape index (κ2) is 17.6. The molecule has 0 aromatic carbocycles. The molecular weight excluding hydrogens is 399 g/mol. The van der Waals surface area contributed by atoms with E-state index in [2.05, 4.69) is 13.8 Å². The van der Waals surface area contributed by atoms with Gasteiger partial charge in [0, 0.05) is 13.2 Å². The maximum Gasteiger partial charge on any atom is 0.476 e. The molecule has 0 amide bonds. The van der Waals surface area contributed by atoms with Gasteiger partial charge in [0.25, 0.3) is 0 Å². The lowest BCUT2D eigenvalue weighted by Gasteiger charge is -2.28. The predicted molar refractivity (Wildman–Crippen MR) is 112 cm³/mol. The highest BCUT2D eigenvalue weighted by molar-refractivity contribution is 7.47. The van der Waals surface area contributed by atoms with Gasteiger partial charge in [0.2, 0.25) is 0 Å². The van der Waals surface area contributed by atoms with Crippen molar-refractivity contribution in [2.45, 2.75) is 118 Å². The van der Waals surface area contributed by atoms with Crippen LogP contribution < -0.4 is 0 Å². The lowest BCUT2D eigenvalue weighted by molar-refractivity contribution is -0.240. The Morgan fingerprint density at radius 3 is 1.28 bits per heavy atom. The Labute approximate surface area is 177 Å². The molecule has 9 heteroatoms. The summed E-state index contributed by atoms with van der Waals surface area (Å²) in [6, 6.07) is 0. The number of ether oxygens (including phenoxy) is 4. The molecule has 0 saturated heterocycles. The molecule has 0 aromatic heterocycles. The molecule has 0 aliphatic heterocycles. The summed E-state index contributed by atoms with van der Waals surface area (Å²) in [5.74, 6) is 0. The van der Waals surface area contributed by atoms with Gasteiger partial charge in [-0.25, -0.2) is 4.57 Å². The summed E-state index contributed by atoms with van der Waals surface area (Å²) in [6.45, 7) is 12.7. The molecule has 0 aliphatic rings. The standard InChI is InChI=1S/C20H43O8P/c1-7-13-15-23-17(9-3)25-19(11-5)27-29(21,22)28-20(12-6)26-18(10-4)24-16-14-8-2/h17-20H,7-16H2,1-6H3,(H,21,22). The summed E-state index contributed by atoms with van der Waals surface area (Å²) in [7, 11) is -4.40. The first-order valence-electron chi connectivity index (χ1n) is 11.1. The normalized spacial score (nSPS) is 18.2. The number of phosphoric ester groups is 1. The number of phosphoric acid groups is 1. The molecule has 0 fully saturated rings. The van der Waals surface area contributed by atoms with Gasteiger partial charge in [0.05, 0.1) is 0 Å². The minimum atomic E-state index is -4.40. The molecule has 0 aliphatic carbocycles. The van der Waals surface area contributed by atoms with Crippen molar-refractivity contribution < 1.29 is 37.5 Å². The van der Waals surface area contributed by atoms with E-state index < -0.39 is 33.0 Å². The van der Waals surface area contributed by atoms with Crippen LogP contribution in [0.3, 0.4) is 0 Å². The van der Waals surface area contributed by atoms with Gasteiger partial charge in [-0.3, -0.25) is 9.05 Å². The first-order valence-corrected chi connectivity index (χ1v) is 12.6. The van der Waals surface area contributed by atoms with Crippen LogP contribution in [0.2, 0.25) is 0 Å². The van der Waals surface area contributed by atoms with E-state index >= 15 is 0 Å². The van der Waals surface area contributed by atoms with Crippen LogP contribution in [0.25, 0.3) is 0 Å². The summed E-state index contributed by atoms with van der Waals surface area (Å²) < 4.78 is 45.6. The molecule has 0 heterocycles. The largest absolute Gasteiger partial charge is 0.476 e. The maximum atomic E-state index is 12.5. The first kappa shape index (κ1) is 28.9. The third-order valence-corrected chi connectivity index (χ3v) is 5.05. The van der Waals surface area contributed by atoms with E-state index in [1.807, 2.05) is 13.8 Å². The molecule has 1 N–H and O–H groups in total. The molecular formula is C20H43O8P. The Morgan fingerprint density at radius 2 is 1.00 bits per heavy atom. The molecule has 176 valence electrons. The molecule has 0 saturated carbocycles. The minimum absolute atomic E-state index is 0.372. The Morgan fingerprint density at radius 1 is 0.655 bits per heavy atom. The highest BCUT2D eigenvalue weighted by Gasteiger charge is 2.32. The predicted octanol–water partition coefficient (Wildman–Crippen LogP) is 5.73. The zero-order valence-corrected chi connectivity index (χ0v) is 20.0. The van der Waals surface area contributed by atoms with Crippen molar-refractivity contribution in [2.24, 2.45) is 0 Å².